The summed E-state index contributed by atoms with van der Waals surface area (Å²) in [6.07, 6.45) is 0.304. The molecule has 0 N–H and O–H groups in total. The minimum Gasteiger partial charge on any atom is -0.463 e. The number of ether oxygens (including phenoxy) is 3. The van der Waals surface area contributed by atoms with Crippen LogP contribution < -0.4 is 0 Å². The normalized spacial score (nSPS) is 13.1. The number of hydrogen-bond acceptors (Lipinski definition) is 5. The summed E-state index contributed by atoms with van der Waals surface area (Å²) in [6.45, 7) is 8.07. The van der Waals surface area contributed by atoms with Crippen molar-refractivity contribution in [2.75, 3.05) is 6.79 Å². The van der Waals surface area contributed by atoms with Gasteiger partial charge in [0.25, 0.3) is 0 Å². The van der Waals surface area contributed by atoms with Crippen molar-refractivity contribution >= 4 is 11.9 Å². The van der Waals surface area contributed by atoms with Crippen molar-refractivity contribution in [2.24, 2.45) is 0 Å². The molecular weight excluding hydrogens is 212 g/mol. The van der Waals surface area contributed by atoms with Crippen LogP contribution in [0.1, 0.15) is 41.0 Å². The minimum atomic E-state index is -0.510. The van der Waals surface area contributed by atoms with E-state index in [1.807, 2.05) is 13.8 Å². The van der Waals surface area contributed by atoms with E-state index in [1.165, 1.54) is 13.8 Å². The molecule has 0 saturated heterocycles. The molecule has 1 unspecified atom stereocenters. The van der Waals surface area contributed by atoms with Gasteiger partial charge >= 0.3 is 11.9 Å². The second-order valence-corrected chi connectivity index (χ2v) is 4.28. The van der Waals surface area contributed by atoms with Gasteiger partial charge in [-0.1, -0.05) is 0 Å². The predicted octanol–water partition coefficient (Wildman–Crippen LogP) is 1.64. The number of esters is 2. The summed E-state index contributed by atoms with van der Waals surface area (Å²) in [5.74, 6) is -0.702. The molecule has 0 fully saturated rings. The Morgan fingerprint density at radius 3 is 2.19 bits per heavy atom. The van der Waals surface area contributed by atoms with Crippen LogP contribution in [0.4, 0.5) is 0 Å². The Hall–Kier alpha value is -1.10. The third-order valence-electron chi connectivity index (χ3n) is 1.86. The number of carbonyl (C=O) groups is 2. The fraction of sp³-hybridized carbons (Fsp3) is 0.818. The summed E-state index contributed by atoms with van der Waals surface area (Å²) in [5.41, 5.74) is -0.510. The van der Waals surface area contributed by atoms with E-state index >= 15 is 0 Å². The molecule has 5 heteroatoms. The highest BCUT2D eigenvalue weighted by Gasteiger charge is 2.23. The van der Waals surface area contributed by atoms with Gasteiger partial charge in [0, 0.05) is 20.3 Å². The van der Waals surface area contributed by atoms with E-state index in [0.29, 0.717) is 6.42 Å². The first kappa shape index (κ1) is 14.9. The van der Waals surface area contributed by atoms with Crippen LogP contribution in [0.2, 0.25) is 0 Å². The fourth-order valence-electron chi connectivity index (χ4n) is 1.35. The van der Waals surface area contributed by atoms with Crippen molar-refractivity contribution in [1.29, 1.82) is 0 Å². The molecule has 94 valence electrons. The molecule has 0 spiro atoms. The predicted molar refractivity (Wildman–Crippen MR) is 57.6 cm³/mol. The van der Waals surface area contributed by atoms with Crippen LogP contribution >= 0.6 is 0 Å². The fourth-order valence-corrected chi connectivity index (χ4v) is 1.35. The second kappa shape index (κ2) is 6.48. The minimum absolute atomic E-state index is 0.0882. The van der Waals surface area contributed by atoms with E-state index in [2.05, 4.69) is 4.74 Å². The lowest BCUT2D eigenvalue weighted by Crippen LogP contribution is -2.32. The van der Waals surface area contributed by atoms with Crippen molar-refractivity contribution in [1.82, 2.24) is 0 Å². The van der Waals surface area contributed by atoms with Gasteiger partial charge in [0.1, 0.15) is 6.10 Å². The van der Waals surface area contributed by atoms with Crippen LogP contribution in [0, 0.1) is 0 Å². The first-order valence-corrected chi connectivity index (χ1v) is 5.17. The van der Waals surface area contributed by atoms with Crippen LogP contribution in [0.25, 0.3) is 0 Å². The Kier molecular flexibility index (Phi) is 6.03. The Bertz CT molecular complexity index is 247. The highest BCUT2D eigenvalue weighted by molar-refractivity contribution is 5.66. The molecule has 0 rings (SSSR count). The van der Waals surface area contributed by atoms with Crippen LogP contribution in [0.5, 0.6) is 0 Å². The maximum Gasteiger partial charge on any atom is 0.304 e. The Balaban J connectivity index is 3.93. The zero-order valence-corrected chi connectivity index (χ0v) is 10.5. The van der Waals surface area contributed by atoms with Crippen molar-refractivity contribution < 1.29 is 23.8 Å². The maximum absolute atomic E-state index is 10.7. The van der Waals surface area contributed by atoms with E-state index in [-0.39, 0.29) is 24.8 Å². The topological polar surface area (TPSA) is 61.8 Å². The summed E-state index contributed by atoms with van der Waals surface area (Å²) in [5, 5.41) is 0. The highest BCUT2D eigenvalue weighted by atomic mass is 16.7. The first-order chi connectivity index (χ1) is 7.23. The van der Waals surface area contributed by atoms with E-state index in [0.717, 1.165) is 0 Å². The Labute approximate surface area is 96.1 Å². The Morgan fingerprint density at radius 2 is 1.75 bits per heavy atom. The van der Waals surface area contributed by atoms with Crippen LogP contribution in [-0.4, -0.2) is 30.4 Å². The average molecular weight is 232 g/mol. The van der Waals surface area contributed by atoms with Crippen LogP contribution in [-0.2, 0) is 23.8 Å². The average Bonchev–Trinajstić information content (AvgIpc) is 1.98. The van der Waals surface area contributed by atoms with Gasteiger partial charge < -0.3 is 14.2 Å². The number of hydrogen-bond donors (Lipinski definition) is 0. The first-order valence-electron chi connectivity index (χ1n) is 5.17. The quantitative estimate of drug-likeness (QED) is 0.514. The van der Waals surface area contributed by atoms with Gasteiger partial charge in [0.05, 0.1) is 5.60 Å². The van der Waals surface area contributed by atoms with Gasteiger partial charge in [0.2, 0.25) is 0 Å². The smallest absolute Gasteiger partial charge is 0.304 e. The molecule has 0 amide bonds. The van der Waals surface area contributed by atoms with Gasteiger partial charge in [-0.3, -0.25) is 9.59 Å². The lowest BCUT2D eigenvalue weighted by Gasteiger charge is -2.27. The second-order valence-electron chi connectivity index (χ2n) is 4.28. The zero-order chi connectivity index (χ0) is 12.8. The van der Waals surface area contributed by atoms with Crippen molar-refractivity contribution in [3.05, 3.63) is 0 Å². The SMILES string of the molecule is CC(=O)OCOC(C)(C)CC(C)OC(C)=O. The molecule has 0 aromatic carbocycles. The summed E-state index contributed by atoms with van der Waals surface area (Å²) >= 11 is 0. The third-order valence-corrected chi connectivity index (χ3v) is 1.86. The number of carbonyl (C=O) groups excluding carboxylic acids is 2. The monoisotopic (exact) mass is 232 g/mol. The van der Waals surface area contributed by atoms with Gasteiger partial charge in [-0.05, 0) is 20.8 Å². The molecule has 0 bridgehead atoms. The van der Waals surface area contributed by atoms with Crippen LogP contribution in [0.3, 0.4) is 0 Å². The lowest BCUT2D eigenvalue weighted by molar-refractivity contribution is -0.171. The largest absolute Gasteiger partial charge is 0.463 e. The molecule has 0 aromatic rings. The summed E-state index contributed by atoms with van der Waals surface area (Å²) in [7, 11) is 0. The number of rotatable bonds is 6. The molecule has 1 atom stereocenters. The van der Waals surface area contributed by atoms with Gasteiger partial charge in [-0.2, -0.15) is 0 Å². The molecule has 0 radical (unpaired) electrons. The molecule has 0 aliphatic carbocycles. The van der Waals surface area contributed by atoms with Crippen LogP contribution in [0.15, 0.2) is 0 Å². The standard InChI is InChI=1S/C11H20O5/c1-8(16-10(3)13)6-11(4,5)15-7-14-9(2)12/h8H,6-7H2,1-5H3. The molecule has 0 heterocycles. The molecule has 0 aliphatic rings. The van der Waals surface area contributed by atoms with Gasteiger partial charge in [-0.25, -0.2) is 0 Å². The van der Waals surface area contributed by atoms with E-state index in [9.17, 15) is 9.59 Å². The zero-order valence-electron chi connectivity index (χ0n) is 10.5. The molecule has 0 saturated carbocycles. The molecule has 0 aliphatic heterocycles. The van der Waals surface area contributed by atoms with Crippen molar-refractivity contribution in [3.63, 3.8) is 0 Å². The lowest BCUT2D eigenvalue weighted by atomic mass is 10.0. The van der Waals surface area contributed by atoms with E-state index in [4.69, 9.17) is 9.47 Å². The third kappa shape index (κ3) is 8.23. The summed E-state index contributed by atoms with van der Waals surface area (Å²) < 4.78 is 15.0. The van der Waals surface area contributed by atoms with E-state index < -0.39 is 5.60 Å². The Morgan fingerprint density at radius 1 is 1.19 bits per heavy atom. The van der Waals surface area contributed by atoms with Gasteiger partial charge in [0.15, 0.2) is 6.79 Å². The molecular formula is C11H20O5. The van der Waals surface area contributed by atoms with Crippen molar-refractivity contribution in [2.45, 2.75) is 52.7 Å². The maximum atomic E-state index is 10.7. The summed E-state index contributed by atoms with van der Waals surface area (Å²) in [6, 6.07) is 0. The van der Waals surface area contributed by atoms with Gasteiger partial charge in [-0.15, -0.1) is 0 Å². The highest BCUT2D eigenvalue weighted by Crippen LogP contribution is 2.18. The molecule has 16 heavy (non-hydrogen) atoms. The van der Waals surface area contributed by atoms with Crippen molar-refractivity contribution in [3.8, 4) is 0 Å². The summed E-state index contributed by atoms with van der Waals surface area (Å²) in [4.78, 5) is 21.2. The van der Waals surface area contributed by atoms with E-state index in [1.54, 1.807) is 6.92 Å². The molecule has 5 nitrogen and oxygen atoms in total. The molecule has 0 aromatic heterocycles.